The van der Waals surface area contributed by atoms with Gasteiger partial charge in [-0.2, -0.15) is 13.2 Å². The van der Waals surface area contributed by atoms with Crippen molar-refractivity contribution in [1.82, 2.24) is 4.98 Å². The van der Waals surface area contributed by atoms with Gasteiger partial charge in [0, 0.05) is 18.5 Å². The molecule has 1 aromatic rings. The predicted octanol–water partition coefficient (Wildman–Crippen LogP) is 2.00. The van der Waals surface area contributed by atoms with E-state index in [-0.39, 0.29) is 0 Å². The van der Waals surface area contributed by atoms with Gasteiger partial charge >= 0.3 is 6.18 Å². The van der Waals surface area contributed by atoms with Crippen LogP contribution in [0, 0.1) is 0 Å². The summed E-state index contributed by atoms with van der Waals surface area (Å²) in [6, 6.07) is 0. The fraction of sp³-hybridized carbons (Fsp3) is 0.625. The summed E-state index contributed by atoms with van der Waals surface area (Å²) in [5.41, 5.74) is 0. The summed E-state index contributed by atoms with van der Waals surface area (Å²) in [6.45, 7) is 2.28. The first-order chi connectivity index (χ1) is 7.07. The Morgan fingerprint density at radius 3 is 2.53 bits per heavy atom. The van der Waals surface area contributed by atoms with Crippen LogP contribution in [0.3, 0.4) is 0 Å². The van der Waals surface area contributed by atoms with Gasteiger partial charge in [-0.15, -0.1) is 11.3 Å². The van der Waals surface area contributed by atoms with E-state index >= 15 is 0 Å². The average molecular weight is 238 g/mol. The number of nitrogens with zero attached hydrogens (tertiary/aromatic N) is 2. The highest BCUT2D eigenvalue weighted by Crippen LogP contribution is 2.33. The van der Waals surface area contributed by atoms with E-state index in [1.165, 1.54) is 5.38 Å². The van der Waals surface area contributed by atoms with Gasteiger partial charge in [-0.05, 0) is 0 Å². The Balaban J connectivity index is 2.12. The number of halogens is 3. The molecule has 7 heteroatoms. The molecule has 0 amide bonds. The minimum absolute atomic E-state index is 0.399. The van der Waals surface area contributed by atoms with Gasteiger partial charge in [-0.25, -0.2) is 4.98 Å². The molecule has 0 aromatic carbocycles. The molecule has 1 aliphatic heterocycles. The molecule has 0 N–H and O–H groups in total. The minimum atomic E-state index is -4.34. The molecule has 1 saturated heterocycles. The molecule has 0 spiro atoms. The summed E-state index contributed by atoms with van der Waals surface area (Å²) in [4.78, 5) is 5.37. The topological polar surface area (TPSA) is 25.4 Å². The molecule has 84 valence electrons. The quantitative estimate of drug-likeness (QED) is 0.748. The Kier molecular flexibility index (Phi) is 2.83. The molecule has 0 bridgehead atoms. The third-order valence-corrected chi connectivity index (χ3v) is 2.94. The second-order valence-electron chi connectivity index (χ2n) is 3.11. The van der Waals surface area contributed by atoms with Crippen molar-refractivity contribution >= 4 is 17.2 Å². The minimum Gasteiger partial charge on any atom is -0.378 e. The van der Waals surface area contributed by atoms with Crippen LogP contribution in [-0.4, -0.2) is 31.3 Å². The van der Waals surface area contributed by atoms with Crippen molar-refractivity contribution in [1.29, 1.82) is 0 Å². The van der Waals surface area contributed by atoms with Gasteiger partial charge in [0.1, 0.15) is 5.82 Å². The fourth-order valence-corrected chi connectivity index (χ4v) is 2.03. The highest BCUT2D eigenvalue weighted by molar-refractivity contribution is 7.10. The molecule has 0 atom stereocenters. The van der Waals surface area contributed by atoms with Gasteiger partial charge in [-0.1, -0.05) is 0 Å². The number of anilines is 1. The van der Waals surface area contributed by atoms with Crippen molar-refractivity contribution in [3.05, 3.63) is 10.4 Å². The Bertz CT molecular complexity index is 333. The number of hydrogen-bond acceptors (Lipinski definition) is 4. The zero-order valence-corrected chi connectivity index (χ0v) is 8.57. The van der Waals surface area contributed by atoms with E-state index in [9.17, 15) is 13.2 Å². The summed E-state index contributed by atoms with van der Waals surface area (Å²) < 4.78 is 41.9. The van der Waals surface area contributed by atoms with Gasteiger partial charge in [0.2, 0.25) is 0 Å². The van der Waals surface area contributed by atoms with Crippen LogP contribution in [0.25, 0.3) is 0 Å². The molecule has 15 heavy (non-hydrogen) atoms. The number of rotatable bonds is 1. The van der Waals surface area contributed by atoms with Crippen LogP contribution in [-0.2, 0) is 10.9 Å². The summed E-state index contributed by atoms with van der Waals surface area (Å²) >= 11 is 0.632. The SMILES string of the molecule is FC(F)(F)c1nc(N2CCOCC2)cs1. The lowest BCUT2D eigenvalue weighted by Crippen LogP contribution is -2.36. The molecule has 0 radical (unpaired) electrons. The van der Waals surface area contributed by atoms with E-state index in [1.54, 1.807) is 4.90 Å². The Labute approximate surface area is 88.5 Å². The maximum atomic E-state index is 12.3. The van der Waals surface area contributed by atoms with Crippen molar-refractivity contribution < 1.29 is 17.9 Å². The van der Waals surface area contributed by atoms with Crippen LogP contribution >= 0.6 is 11.3 Å². The summed E-state index contributed by atoms with van der Waals surface area (Å²) in [7, 11) is 0. The number of hydrogen-bond donors (Lipinski definition) is 0. The maximum absolute atomic E-state index is 12.3. The van der Waals surface area contributed by atoms with Crippen LogP contribution in [0.2, 0.25) is 0 Å². The first-order valence-electron chi connectivity index (χ1n) is 4.43. The van der Waals surface area contributed by atoms with Crippen molar-refractivity contribution in [2.24, 2.45) is 0 Å². The first-order valence-corrected chi connectivity index (χ1v) is 5.31. The third-order valence-electron chi connectivity index (χ3n) is 2.07. The lowest BCUT2D eigenvalue weighted by atomic mass is 10.4. The Morgan fingerprint density at radius 1 is 1.33 bits per heavy atom. The monoisotopic (exact) mass is 238 g/mol. The Morgan fingerprint density at radius 2 is 2.00 bits per heavy atom. The molecule has 0 aliphatic carbocycles. The molecule has 2 rings (SSSR count). The van der Waals surface area contributed by atoms with Crippen LogP contribution < -0.4 is 4.90 Å². The molecule has 1 aliphatic rings. The molecule has 0 unspecified atom stereocenters. The maximum Gasteiger partial charge on any atom is 0.443 e. The summed E-state index contributed by atoms with van der Waals surface area (Å²) in [6.07, 6.45) is -4.34. The number of morpholine rings is 1. The van der Waals surface area contributed by atoms with Gasteiger partial charge in [0.05, 0.1) is 13.2 Å². The van der Waals surface area contributed by atoms with Crippen molar-refractivity contribution in [3.63, 3.8) is 0 Å². The standard InChI is InChI=1S/C8H9F3N2OS/c9-8(10,11)7-12-6(5-15-7)13-1-3-14-4-2-13/h5H,1-4H2. The van der Waals surface area contributed by atoms with Crippen molar-refractivity contribution in [2.75, 3.05) is 31.2 Å². The van der Waals surface area contributed by atoms with E-state index < -0.39 is 11.2 Å². The molecule has 3 nitrogen and oxygen atoms in total. The predicted molar refractivity (Wildman–Crippen MR) is 50.1 cm³/mol. The third kappa shape index (κ3) is 2.40. The molecule has 2 heterocycles. The van der Waals surface area contributed by atoms with Gasteiger partial charge < -0.3 is 9.64 Å². The molecule has 1 aromatic heterocycles. The number of ether oxygens (including phenoxy) is 1. The van der Waals surface area contributed by atoms with Crippen LogP contribution in [0.4, 0.5) is 19.0 Å². The fourth-order valence-electron chi connectivity index (χ4n) is 1.33. The molecular weight excluding hydrogens is 229 g/mol. The van der Waals surface area contributed by atoms with E-state index in [0.29, 0.717) is 43.5 Å². The number of alkyl halides is 3. The zero-order valence-electron chi connectivity index (χ0n) is 7.75. The normalized spacial score (nSPS) is 18.2. The van der Waals surface area contributed by atoms with E-state index in [4.69, 9.17) is 4.74 Å². The second kappa shape index (κ2) is 3.97. The van der Waals surface area contributed by atoms with E-state index in [0.717, 1.165) is 0 Å². The van der Waals surface area contributed by atoms with Gasteiger partial charge in [-0.3, -0.25) is 0 Å². The van der Waals surface area contributed by atoms with E-state index in [2.05, 4.69) is 4.98 Å². The summed E-state index contributed by atoms with van der Waals surface area (Å²) in [5, 5.41) is 0.651. The summed E-state index contributed by atoms with van der Waals surface area (Å²) in [5.74, 6) is 0.399. The van der Waals surface area contributed by atoms with Gasteiger partial charge in [0.15, 0.2) is 5.01 Å². The highest BCUT2D eigenvalue weighted by Gasteiger charge is 2.35. The van der Waals surface area contributed by atoms with Crippen LogP contribution in [0.5, 0.6) is 0 Å². The average Bonchev–Trinajstić information content (AvgIpc) is 2.67. The number of aromatic nitrogens is 1. The smallest absolute Gasteiger partial charge is 0.378 e. The van der Waals surface area contributed by atoms with Crippen LogP contribution in [0.1, 0.15) is 5.01 Å². The lowest BCUT2D eigenvalue weighted by molar-refractivity contribution is -0.137. The second-order valence-corrected chi connectivity index (χ2v) is 3.97. The molecular formula is C8H9F3N2OS. The molecule has 0 saturated carbocycles. The lowest BCUT2D eigenvalue weighted by Gasteiger charge is -2.26. The van der Waals surface area contributed by atoms with Crippen LogP contribution in [0.15, 0.2) is 5.38 Å². The van der Waals surface area contributed by atoms with Crippen molar-refractivity contribution in [3.8, 4) is 0 Å². The van der Waals surface area contributed by atoms with E-state index in [1.807, 2.05) is 0 Å². The molecule has 1 fully saturated rings. The highest BCUT2D eigenvalue weighted by atomic mass is 32.1. The largest absolute Gasteiger partial charge is 0.443 e. The van der Waals surface area contributed by atoms with Gasteiger partial charge in [0.25, 0.3) is 0 Å². The first kappa shape index (κ1) is 10.7. The van der Waals surface area contributed by atoms with Crippen molar-refractivity contribution in [2.45, 2.75) is 6.18 Å². The Hall–Kier alpha value is -0.820. The number of thiazole rings is 1. The zero-order chi connectivity index (χ0) is 10.9.